The lowest BCUT2D eigenvalue weighted by Gasteiger charge is -2.12. The van der Waals surface area contributed by atoms with Crippen LogP contribution in [-0.2, 0) is 4.74 Å². The summed E-state index contributed by atoms with van der Waals surface area (Å²) in [5, 5.41) is 11.5. The Morgan fingerprint density at radius 3 is 2.86 bits per heavy atom. The van der Waals surface area contributed by atoms with E-state index in [2.05, 4.69) is 15.5 Å². The van der Waals surface area contributed by atoms with Gasteiger partial charge in [-0.15, -0.1) is 5.10 Å². The van der Waals surface area contributed by atoms with Crippen LogP contribution in [0.25, 0.3) is 5.69 Å². The molecule has 0 bridgehead atoms. The summed E-state index contributed by atoms with van der Waals surface area (Å²) in [6.07, 6.45) is 2.24. The van der Waals surface area contributed by atoms with E-state index in [0.29, 0.717) is 23.7 Å². The van der Waals surface area contributed by atoms with Crippen molar-refractivity contribution < 1.29 is 14.3 Å². The molecule has 0 saturated carbocycles. The quantitative estimate of drug-likeness (QED) is 0.711. The molecule has 1 N–H and O–H groups in total. The molecule has 7 nitrogen and oxygen atoms in total. The second-order valence-corrected chi connectivity index (χ2v) is 6.69. The summed E-state index contributed by atoms with van der Waals surface area (Å²) >= 11 is 0. The van der Waals surface area contributed by atoms with Crippen LogP contribution in [0.15, 0.2) is 54.6 Å². The third kappa shape index (κ3) is 4.20. The molecule has 144 valence electrons. The van der Waals surface area contributed by atoms with E-state index < -0.39 is 0 Å². The molecular weight excluding hydrogens is 356 g/mol. The molecule has 1 amide bonds. The van der Waals surface area contributed by atoms with E-state index in [1.165, 1.54) is 4.80 Å². The third-order valence-corrected chi connectivity index (χ3v) is 4.54. The summed E-state index contributed by atoms with van der Waals surface area (Å²) in [6.45, 7) is 3.08. The van der Waals surface area contributed by atoms with Crippen molar-refractivity contribution in [2.24, 2.45) is 0 Å². The average molecular weight is 378 g/mol. The summed E-state index contributed by atoms with van der Waals surface area (Å²) in [6, 6.07) is 16.8. The van der Waals surface area contributed by atoms with Gasteiger partial charge in [0.25, 0.3) is 5.91 Å². The number of carbonyl (C=O) groups excluding carboxylic acids is 1. The molecule has 1 unspecified atom stereocenters. The summed E-state index contributed by atoms with van der Waals surface area (Å²) in [4.78, 5) is 14.1. The third-order valence-electron chi connectivity index (χ3n) is 4.54. The zero-order valence-electron chi connectivity index (χ0n) is 15.7. The Bertz CT molecular complexity index is 949. The molecule has 2 aromatic carbocycles. The molecule has 1 aliphatic rings. The number of carbonyl (C=O) groups is 1. The van der Waals surface area contributed by atoms with Crippen molar-refractivity contribution >= 4 is 11.6 Å². The van der Waals surface area contributed by atoms with Crippen LogP contribution < -0.4 is 10.1 Å². The van der Waals surface area contributed by atoms with Gasteiger partial charge in [-0.1, -0.05) is 24.3 Å². The van der Waals surface area contributed by atoms with Crippen molar-refractivity contribution in [2.45, 2.75) is 25.9 Å². The molecule has 7 heteroatoms. The highest BCUT2D eigenvalue weighted by Gasteiger charge is 2.18. The largest absolute Gasteiger partial charge is 0.491 e. The van der Waals surface area contributed by atoms with Crippen LogP contribution in [0, 0.1) is 6.92 Å². The lowest BCUT2D eigenvalue weighted by molar-refractivity contribution is 0.0680. The molecule has 1 saturated heterocycles. The fraction of sp³-hybridized carbons (Fsp3) is 0.286. The molecule has 1 atom stereocenters. The van der Waals surface area contributed by atoms with Crippen molar-refractivity contribution in [3.8, 4) is 11.4 Å². The van der Waals surface area contributed by atoms with Gasteiger partial charge < -0.3 is 14.8 Å². The topological polar surface area (TPSA) is 78.3 Å². The molecule has 3 aromatic rings. The first-order chi connectivity index (χ1) is 13.7. The van der Waals surface area contributed by atoms with Gasteiger partial charge in [0.15, 0.2) is 5.69 Å². The maximum absolute atomic E-state index is 12.7. The second-order valence-electron chi connectivity index (χ2n) is 6.69. The molecule has 0 spiro atoms. The van der Waals surface area contributed by atoms with E-state index in [1.54, 1.807) is 13.0 Å². The number of rotatable bonds is 6. The van der Waals surface area contributed by atoms with E-state index in [1.807, 2.05) is 48.5 Å². The van der Waals surface area contributed by atoms with Gasteiger partial charge in [-0.05, 0) is 44.0 Å². The molecule has 28 heavy (non-hydrogen) atoms. The summed E-state index contributed by atoms with van der Waals surface area (Å²) in [7, 11) is 0. The number of benzene rings is 2. The number of hydrogen-bond donors (Lipinski definition) is 1. The van der Waals surface area contributed by atoms with Gasteiger partial charge in [0, 0.05) is 18.4 Å². The van der Waals surface area contributed by atoms with Crippen LogP contribution in [0.1, 0.15) is 29.0 Å². The lowest BCUT2D eigenvalue weighted by atomic mass is 10.2. The Labute approximate surface area is 163 Å². The van der Waals surface area contributed by atoms with E-state index in [0.717, 1.165) is 25.1 Å². The van der Waals surface area contributed by atoms with Gasteiger partial charge in [0.1, 0.15) is 12.4 Å². The maximum atomic E-state index is 12.7. The normalized spacial score (nSPS) is 16.1. The number of aromatic nitrogens is 3. The number of anilines is 1. The Morgan fingerprint density at radius 1 is 1.21 bits per heavy atom. The molecule has 1 aromatic heterocycles. The fourth-order valence-corrected chi connectivity index (χ4v) is 3.08. The van der Waals surface area contributed by atoms with Gasteiger partial charge in [-0.3, -0.25) is 4.79 Å². The van der Waals surface area contributed by atoms with E-state index in [4.69, 9.17) is 9.47 Å². The first-order valence-corrected chi connectivity index (χ1v) is 9.34. The molecule has 4 rings (SSSR count). The number of para-hydroxylation sites is 1. The van der Waals surface area contributed by atoms with Crippen molar-refractivity contribution in [3.05, 3.63) is 66.0 Å². The van der Waals surface area contributed by atoms with Gasteiger partial charge in [0.05, 0.1) is 17.5 Å². The zero-order valence-corrected chi connectivity index (χ0v) is 15.7. The lowest BCUT2D eigenvalue weighted by Crippen LogP contribution is -2.17. The SMILES string of the molecule is Cc1nn(-c2ccccc2)nc1C(=O)Nc1cccc(OCC2CCCO2)c1. The molecule has 0 aliphatic carbocycles. The van der Waals surface area contributed by atoms with Crippen LogP contribution in [0.5, 0.6) is 5.75 Å². The van der Waals surface area contributed by atoms with Crippen molar-refractivity contribution in [1.82, 2.24) is 15.0 Å². The van der Waals surface area contributed by atoms with Crippen LogP contribution in [0.4, 0.5) is 5.69 Å². The predicted molar refractivity (Wildman–Crippen MR) is 105 cm³/mol. The fourth-order valence-electron chi connectivity index (χ4n) is 3.08. The Hall–Kier alpha value is -3.19. The Morgan fingerprint density at radius 2 is 2.07 bits per heavy atom. The molecule has 1 aliphatic heterocycles. The minimum atomic E-state index is -0.309. The van der Waals surface area contributed by atoms with E-state index in [-0.39, 0.29) is 17.7 Å². The summed E-state index contributed by atoms with van der Waals surface area (Å²) < 4.78 is 11.4. The molecule has 1 fully saturated rings. The second kappa shape index (κ2) is 8.22. The number of aryl methyl sites for hydroxylation is 1. The predicted octanol–water partition coefficient (Wildman–Crippen LogP) is 3.39. The van der Waals surface area contributed by atoms with Crippen LogP contribution in [0.2, 0.25) is 0 Å². The van der Waals surface area contributed by atoms with Gasteiger partial charge in [-0.25, -0.2) is 0 Å². The first kappa shape index (κ1) is 18.2. The Balaban J connectivity index is 1.43. The van der Waals surface area contributed by atoms with Crippen LogP contribution in [0.3, 0.4) is 0 Å². The van der Waals surface area contributed by atoms with E-state index in [9.17, 15) is 4.79 Å². The number of nitrogens with one attached hydrogen (secondary N) is 1. The molecule has 2 heterocycles. The maximum Gasteiger partial charge on any atom is 0.278 e. The highest BCUT2D eigenvalue weighted by molar-refractivity contribution is 6.03. The van der Waals surface area contributed by atoms with Crippen LogP contribution in [-0.4, -0.2) is 40.2 Å². The monoisotopic (exact) mass is 378 g/mol. The van der Waals surface area contributed by atoms with Crippen molar-refractivity contribution in [3.63, 3.8) is 0 Å². The zero-order chi connectivity index (χ0) is 19.3. The number of ether oxygens (including phenoxy) is 2. The highest BCUT2D eigenvalue weighted by Crippen LogP contribution is 2.20. The van der Waals surface area contributed by atoms with Crippen molar-refractivity contribution in [2.75, 3.05) is 18.5 Å². The molecule has 0 radical (unpaired) electrons. The first-order valence-electron chi connectivity index (χ1n) is 9.34. The summed E-state index contributed by atoms with van der Waals surface area (Å²) in [5.74, 6) is 0.383. The Kier molecular flexibility index (Phi) is 5.34. The minimum Gasteiger partial charge on any atom is -0.491 e. The van der Waals surface area contributed by atoms with Gasteiger partial charge in [0.2, 0.25) is 0 Å². The summed E-state index contributed by atoms with van der Waals surface area (Å²) in [5.41, 5.74) is 2.29. The van der Waals surface area contributed by atoms with Crippen molar-refractivity contribution in [1.29, 1.82) is 0 Å². The average Bonchev–Trinajstić information content (AvgIpc) is 3.37. The number of hydrogen-bond acceptors (Lipinski definition) is 5. The molecular formula is C21H22N4O3. The van der Waals surface area contributed by atoms with E-state index >= 15 is 0 Å². The minimum absolute atomic E-state index is 0.147. The van der Waals surface area contributed by atoms with Gasteiger partial charge >= 0.3 is 0 Å². The number of nitrogens with zero attached hydrogens (tertiary/aromatic N) is 3. The standard InChI is InChI=1S/C21H22N4O3/c1-15-20(24-25(23-15)17-8-3-2-4-9-17)21(26)22-16-7-5-10-18(13-16)28-14-19-11-6-12-27-19/h2-5,7-10,13,19H,6,11-12,14H2,1H3,(H,22,26). The smallest absolute Gasteiger partial charge is 0.278 e. The number of amides is 1. The highest BCUT2D eigenvalue weighted by atomic mass is 16.5. The van der Waals surface area contributed by atoms with Crippen LogP contribution >= 0.6 is 0 Å². The van der Waals surface area contributed by atoms with Gasteiger partial charge in [-0.2, -0.15) is 9.90 Å².